The minimum Gasteiger partial charge on any atom is -0.497 e. The van der Waals surface area contributed by atoms with E-state index < -0.39 is 23.0 Å². The molecule has 0 aliphatic rings. The highest BCUT2D eigenvalue weighted by atomic mass is 19.1. The first kappa shape index (κ1) is 24.7. The van der Waals surface area contributed by atoms with Crippen LogP contribution < -0.4 is 26.0 Å². The second-order valence-electron chi connectivity index (χ2n) is 8.13. The Hall–Kier alpha value is -4.41. The van der Waals surface area contributed by atoms with Crippen molar-refractivity contribution in [3.63, 3.8) is 0 Å². The van der Waals surface area contributed by atoms with Crippen LogP contribution >= 0.6 is 0 Å². The van der Waals surface area contributed by atoms with Crippen LogP contribution in [0.4, 0.5) is 10.1 Å². The normalized spacial score (nSPS) is 11.0. The topological polar surface area (TPSA) is 109 Å². The summed E-state index contributed by atoms with van der Waals surface area (Å²) in [6.45, 7) is 3.45. The number of methoxy groups -OCH3 is 2. The molecule has 2 aromatic heterocycles. The summed E-state index contributed by atoms with van der Waals surface area (Å²) < 4.78 is 27.6. The predicted molar refractivity (Wildman–Crippen MR) is 132 cm³/mol. The van der Waals surface area contributed by atoms with E-state index in [1.54, 1.807) is 25.1 Å². The quantitative estimate of drug-likeness (QED) is 0.402. The molecule has 188 valence electrons. The van der Waals surface area contributed by atoms with E-state index in [1.165, 1.54) is 47.7 Å². The number of hydrogen-bond donors (Lipinski definition) is 1. The van der Waals surface area contributed by atoms with Crippen molar-refractivity contribution >= 4 is 22.6 Å². The molecule has 0 aliphatic carbocycles. The van der Waals surface area contributed by atoms with Crippen molar-refractivity contribution in [2.45, 2.75) is 33.5 Å². The second kappa shape index (κ2) is 10.1. The summed E-state index contributed by atoms with van der Waals surface area (Å²) in [5.74, 6) is 0.0445. The molecular formula is C25H26FN5O5. The molecule has 10 nitrogen and oxygen atoms in total. The lowest BCUT2D eigenvalue weighted by Gasteiger charge is -2.14. The molecule has 2 aromatic carbocycles. The van der Waals surface area contributed by atoms with Gasteiger partial charge in [-0.1, -0.05) is 12.1 Å². The molecule has 1 N–H and O–H groups in total. The second-order valence-corrected chi connectivity index (χ2v) is 8.13. The number of hydrogen-bond acceptors (Lipinski definition) is 6. The van der Waals surface area contributed by atoms with E-state index in [4.69, 9.17) is 9.47 Å². The number of benzene rings is 2. The van der Waals surface area contributed by atoms with Crippen molar-refractivity contribution in [2.24, 2.45) is 0 Å². The van der Waals surface area contributed by atoms with Crippen molar-refractivity contribution < 1.29 is 18.7 Å². The van der Waals surface area contributed by atoms with Crippen LogP contribution in [0.25, 0.3) is 11.0 Å². The summed E-state index contributed by atoms with van der Waals surface area (Å²) in [5, 5.41) is 7.14. The smallest absolute Gasteiger partial charge is 0.332 e. The van der Waals surface area contributed by atoms with Crippen LogP contribution in [0.3, 0.4) is 0 Å². The van der Waals surface area contributed by atoms with Gasteiger partial charge in [-0.15, -0.1) is 0 Å². The van der Waals surface area contributed by atoms with Crippen LogP contribution in [0, 0.1) is 12.7 Å². The number of nitrogens with one attached hydrogen (secondary N) is 1. The van der Waals surface area contributed by atoms with Gasteiger partial charge in [0, 0.05) is 30.4 Å². The number of carbonyl (C=O) groups excluding carboxylic acids is 1. The van der Waals surface area contributed by atoms with Crippen LogP contribution in [-0.4, -0.2) is 39.0 Å². The van der Waals surface area contributed by atoms with Gasteiger partial charge in [0.15, 0.2) is 5.52 Å². The van der Waals surface area contributed by atoms with E-state index in [9.17, 15) is 18.8 Å². The fourth-order valence-corrected chi connectivity index (χ4v) is 4.07. The molecule has 0 aliphatic heterocycles. The first-order chi connectivity index (χ1) is 17.2. The van der Waals surface area contributed by atoms with Gasteiger partial charge in [0.25, 0.3) is 5.56 Å². The number of aryl methyl sites for hydroxylation is 2. The van der Waals surface area contributed by atoms with Gasteiger partial charge < -0.3 is 14.8 Å². The highest BCUT2D eigenvalue weighted by molar-refractivity contribution is 5.92. The first-order valence-corrected chi connectivity index (χ1v) is 11.2. The van der Waals surface area contributed by atoms with Crippen LogP contribution in [0.1, 0.15) is 18.2 Å². The molecule has 1 amide bonds. The Labute approximate surface area is 205 Å². The molecule has 0 bridgehead atoms. The SMILES string of the molecule is CCn1nc(C)c2c1c(=O)n(Cc1ccc(F)cc1)c(=O)n2CC(=O)Nc1cc(OC)cc(OC)c1. The Bertz CT molecular complexity index is 1530. The van der Waals surface area contributed by atoms with E-state index in [2.05, 4.69) is 10.4 Å². The Morgan fingerprint density at radius 1 is 1.00 bits per heavy atom. The zero-order valence-electron chi connectivity index (χ0n) is 20.4. The lowest BCUT2D eigenvalue weighted by atomic mass is 10.2. The lowest BCUT2D eigenvalue weighted by Crippen LogP contribution is -2.42. The zero-order chi connectivity index (χ0) is 26.0. The standard InChI is InChI=1S/C25H26FN5O5/c1-5-31-23-22(15(2)28-31)29(14-21(32)27-18-10-19(35-3)12-20(11-18)36-4)25(34)30(24(23)33)13-16-6-8-17(26)9-7-16/h6-12H,5,13-14H2,1-4H3,(H,27,32). The molecular weight excluding hydrogens is 469 g/mol. The Morgan fingerprint density at radius 3 is 2.22 bits per heavy atom. The average molecular weight is 496 g/mol. The van der Waals surface area contributed by atoms with Gasteiger partial charge in [0.2, 0.25) is 5.91 Å². The number of anilines is 1. The van der Waals surface area contributed by atoms with Gasteiger partial charge in [-0.25, -0.2) is 9.18 Å². The third kappa shape index (κ3) is 4.72. The van der Waals surface area contributed by atoms with Gasteiger partial charge in [-0.05, 0) is 31.5 Å². The average Bonchev–Trinajstić information content (AvgIpc) is 3.21. The summed E-state index contributed by atoms with van der Waals surface area (Å²) in [4.78, 5) is 39.9. The van der Waals surface area contributed by atoms with Crippen molar-refractivity contribution in [1.82, 2.24) is 18.9 Å². The molecule has 0 spiro atoms. The number of aromatic nitrogens is 4. The van der Waals surface area contributed by atoms with Gasteiger partial charge in [-0.2, -0.15) is 5.10 Å². The van der Waals surface area contributed by atoms with Gasteiger partial charge >= 0.3 is 5.69 Å². The molecule has 0 saturated carbocycles. The lowest BCUT2D eigenvalue weighted by molar-refractivity contribution is -0.116. The third-order valence-electron chi connectivity index (χ3n) is 5.77. The number of ether oxygens (including phenoxy) is 2. The molecule has 0 fully saturated rings. The summed E-state index contributed by atoms with van der Waals surface area (Å²) >= 11 is 0. The van der Waals surface area contributed by atoms with Gasteiger partial charge in [-0.3, -0.25) is 23.4 Å². The number of carbonyl (C=O) groups is 1. The molecule has 0 saturated heterocycles. The maximum atomic E-state index is 13.5. The van der Waals surface area contributed by atoms with Crippen LogP contribution in [0.15, 0.2) is 52.1 Å². The van der Waals surface area contributed by atoms with E-state index in [0.717, 1.165) is 4.57 Å². The Balaban J connectivity index is 1.79. The van der Waals surface area contributed by atoms with E-state index >= 15 is 0 Å². The Kier molecular flexibility index (Phi) is 6.91. The monoisotopic (exact) mass is 495 g/mol. The molecule has 4 rings (SSSR count). The van der Waals surface area contributed by atoms with Crippen molar-refractivity contribution in [3.8, 4) is 11.5 Å². The number of amides is 1. The summed E-state index contributed by atoms with van der Waals surface area (Å²) in [7, 11) is 2.99. The fourth-order valence-electron chi connectivity index (χ4n) is 4.07. The Morgan fingerprint density at radius 2 is 1.64 bits per heavy atom. The molecule has 4 aromatic rings. The summed E-state index contributed by atoms with van der Waals surface area (Å²) in [5.41, 5.74) is 0.735. The molecule has 11 heteroatoms. The molecule has 0 unspecified atom stereocenters. The first-order valence-electron chi connectivity index (χ1n) is 11.2. The summed E-state index contributed by atoms with van der Waals surface area (Å²) in [6, 6.07) is 10.4. The zero-order valence-corrected chi connectivity index (χ0v) is 20.4. The minimum absolute atomic E-state index is 0.0868. The maximum absolute atomic E-state index is 13.5. The van der Waals surface area contributed by atoms with Crippen LogP contribution in [0.5, 0.6) is 11.5 Å². The molecule has 2 heterocycles. The number of halogens is 1. The van der Waals surface area contributed by atoms with Gasteiger partial charge in [0.05, 0.1) is 26.5 Å². The van der Waals surface area contributed by atoms with E-state index in [0.29, 0.717) is 40.5 Å². The number of fused-ring (bicyclic) bond motifs is 1. The van der Waals surface area contributed by atoms with Crippen molar-refractivity contribution in [2.75, 3.05) is 19.5 Å². The largest absolute Gasteiger partial charge is 0.497 e. The summed E-state index contributed by atoms with van der Waals surface area (Å²) in [6.07, 6.45) is 0. The van der Waals surface area contributed by atoms with Crippen LogP contribution in [-0.2, 0) is 24.4 Å². The van der Waals surface area contributed by atoms with E-state index in [1.807, 2.05) is 6.92 Å². The predicted octanol–water partition coefficient (Wildman–Crippen LogP) is 2.53. The third-order valence-corrected chi connectivity index (χ3v) is 5.77. The van der Waals surface area contributed by atoms with Crippen LogP contribution in [0.2, 0.25) is 0 Å². The minimum atomic E-state index is -0.672. The molecule has 0 radical (unpaired) electrons. The highest BCUT2D eigenvalue weighted by Gasteiger charge is 2.22. The van der Waals surface area contributed by atoms with E-state index in [-0.39, 0.29) is 18.6 Å². The number of rotatable bonds is 8. The molecule has 36 heavy (non-hydrogen) atoms. The van der Waals surface area contributed by atoms with Gasteiger partial charge in [0.1, 0.15) is 29.4 Å². The van der Waals surface area contributed by atoms with Crippen molar-refractivity contribution in [1.29, 1.82) is 0 Å². The fraction of sp³-hybridized carbons (Fsp3) is 0.280. The highest BCUT2D eigenvalue weighted by Crippen LogP contribution is 2.26. The van der Waals surface area contributed by atoms with Crippen molar-refractivity contribution in [3.05, 3.63) is 80.4 Å². The maximum Gasteiger partial charge on any atom is 0.332 e. The molecule has 0 atom stereocenters. The number of nitrogens with zero attached hydrogens (tertiary/aromatic N) is 4.